The largest absolute Gasteiger partial charge is 0.0747 e. The van der Waals surface area contributed by atoms with E-state index in [2.05, 4.69) is 35.9 Å². The van der Waals surface area contributed by atoms with Crippen LogP contribution >= 0.6 is 15.9 Å². The van der Waals surface area contributed by atoms with E-state index in [9.17, 15) is 0 Å². The Morgan fingerprint density at radius 2 is 1.18 bits per heavy atom. The predicted molar refractivity (Wildman–Crippen MR) is 83.8 cm³/mol. The van der Waals surface area contributed by atoms with E-state index < -0.39 is 0 Å². The fourth-order valence-corrected chi connectivity index (χ4v) is 2.34. The Bertz CT molecular complexity index is 168. The van der Waals surface area contributed by atoms with Gasteiger partial charge in [-0.25, -0.2) is 0 Å². The van der Waals surface area contributed by atoms with Crippen molar-refractivity contribution >= 4 is 15.9 Å². The third-order valence-electron chi connectivity index (χ3n) is 3.23. The van der Waals surface area contributed by atoms with E-state index in [-0.39, 0.29) is 0 Å². The third-order valence-corrected chi connectivity index (χ3v) is 3.56. The van der Waals surface area contributed by atoms with Gasteiger partial charge in [-0.3, -0.25) is 0 Å². The van der Waals surface area contributed by atoms with Gasteiger partial charge in [0.05, 0.1) is 0 Å². The van der Waals surface area contributed by atoms with Crippen molar-refractivity contribution < 1.29 is 0 Å². The summed E-state index contributed by atoms with van der Waals surface area (Å²) in [4.78, 5) is 0. The van der Waals surface area contributed by atoms with Gasteiger partial charge in [0.25, 0.3) is 0 Å². The molecule has 0 aliphatic rings. The molecule has 0 aromatic rings. The summed E-state index contributed by atoms with van der Waals surface area (Å²) in [6.45, 7) is 4.39. The van der Waals surface area contributed by atoms with Crippen molar-refractivity contribution in [3.63, 3.8) is 0 Å². The Balaban J connectivity index is 2.96. The predicted octanol–water partition coefficient (Wildman–Crippen LogP) is 6.99. The van der Waals surface area contributed by atoms with Crippen LogP contribution in [0.4, 0.5) is 0 Å². The molecular formula is C16H31Br. The fraction of sp³-hybridized carbons (Fsp3) is 0.875. The van der Waals surface area contributed by atoms with E-state index in [1.807, 2.05) is 0 Å². The van der Waals surface area contributed by atoms with E-state index in [0.29, 0.717) is 0 Å². The zero-order valence-electron chi connectivity index (χ0n) is 11.9. The summed E-state index contributed by atoms with van der Waals surface area (Å²) in [5.74, 6) is 0. The Morgan fingerprint density at radius 1 is 0.765 bits per heavy atom. The van der Waals surface area contributed by atoms with Gasteiger partial charge in [0.15, 0.2) is 0 Å². The highest BCUT2D eigenvalue weighted by Gasteiger charge is 1.92. The minimum Gasteiger partial charge on any atom is -0.0747 e. The summed E-state index contributed by atoms with van der Waals surface area (Å²) in [5, 5.41) is 0. The molecule has 0 spiro atoms. The van der Waals surface area contributed by atoms with Crippen LogP contribution in [-0.2, 0) is 0 Å². The zero-order valence-corrected chi connectivity index (χ0v) is 13.5. The maximum absolute atomic E-state index is 3.46. The first-order chi connectivity index (χ1) is 8.27. The lowest BCUT2D eigenvalue weighted by atomic mass is 10.1. The molecule has 0 aliphatic heterocycles. The normalized spacial score (nSPS) is 12.1. The van der Waals surface area contributed by atoms with E-state index in [0.717, 1.165) is 0 Å². The molecule has 0 amide bonds. The summed E-state index contributed by atoms with van der Waals surface area (Å²) in [6.07, 6.45) is 19.3. The lowest BCUT2D eigenvalue weighted by molar-refractivity contribution is 0.550. The van der Waals surface area contributed by atoms with Gasteiger partial charge in [0.2, 0.25) is 0 Å². The highest BCUT2D eigenvalue weighted by molar-refractivity contribution is 9.11. The van der Waals surface area contributed by atoms with Crippen molar-refractivity contribution in [2.75, 3.05) is 0 Å². The average molecular weight is 303 g/mol. The van der Waals surface area contributed by atoms with Crippen LogP contribution in [0.5, 0.6) is 0 Å². The summed E-state index contributed by atoms with van der Waals surface area (Å²) < 4.78 is 1.28. The van der Waals surface area contributed by atoms with Crippen molar-refractivity contribution in [3.05, 3.63) is 10.6 Å². The molecule has 0 saturated carbocycles. The number of hydrogen-bond acceptors (Lipinski definition) is 0. The molecule has 0 bridgehead atoms. The van der Waals surface area contributed by atoms with Gasteiger partial charge in [-0.05, 0) is 24.2 Å². The van der Waals surface area contributed by atoms with Crippen LogP contribution in [0.3, 0.4) is 0 Å². The van der Waals surface area contributed by atoms with Gasteiger partial charge in [-0.15, -0.1) is 0 Å². The van der Waals surface area contributed by atoms with Crippen molar-refractivity contribution in [1.82, 2.24) is 0 Å². The van der Waals surface area contributed by atoms with E-state index >= 15 is 0 Å². The van der Waals surface area contributed by atoms with Crippen LogP contribution in [0.1, 0.15) is 90.9 Å². The van der Waals surface area contributed by atoms with Gasteiger partial charge in [-0.1, -0.05) is 93.1 Å². The smallest absolute Gasteiger partial charge is 0.0120 e. The highest BCUT2D eigenvalue weighted by atomic mass is 79.9. The Hall–Kier alpha value is 0.220. The number of hydrogen-bond donors (Lipinski definition) is 0. The molecule has 0 aromatic carbocycles. The molecule has 0 nitrogen and oxygen atoms in total. The number of rotatable bonds is 12. The maximum Gasteiger partial charge on any atom is -0.0120 e. The average Bonchev–Trinajstić information content (AvgIpc) is 2.30. The molecule has 102 valence electrons. The van der Waals surface area contributed by atoms with Crippen LogP contribution in [0, 0.1) is 0 Å². The standard InChI is InChI=1S/C16H31Br/c1-3-4-5-6-7-8-9-10-11-12-13-14-15-16(2)17/h15H,3-14H2,1-2H3/b16-15-. The molecule has 0 atom stereocenters. The SMILES string of the molecule is CCCCCCCCCCCCC/C=C(/C)Br. The van der Waals surface area contributed by atoms with Crippen LogP contribution in [0.15, 0.2) is 10.6 Å². The zero-order chi connectivity index (χ0) is 12.8. The van der Waals surface area contributed by atoms with Crippen LogP contribution in [-0.4, -0.2) is 0 Å². The highest BCUT2D eigenvalue weighted by Crippen LogP contribution is 2.13. The molecule has 0 aliphatic carbocycles. The molecule has 0 unspecified atom stereocenters. The second-order valence-electron chi connectivity index (χ2n) is 5.12. The first-order valence-corrected chi connectivity index (χ1v) is 8.39. The lowest BCUT2D eigenvalue weighted by Gasteiger charge is -2.01. The van der Waals surface area contributed by atoms with Crippen molar-refractivity contribution in [2.45, 2.75) is 90.9 Å². The monoisotopic (exact) mass is 302 g/mol. The molecule has 0 aromatic heterocycles. The van der Waals surface area contributed by atoms with E-state index in [4.69, 9.17) is 0 Å². The summed E-state index contributed by atoms with van der Waals surface area (Å²) in [7, 11) is 0. The minimum absolute atomic E-state index is 1.24. The maximum atomic E-state index is 3.46. The third kappa shape index (κ3) is 16.2. The molecule has 0 saturated heterocycles. The second kappa shape index (κ2) is 14.3. The number of allylic oxidation sites excluding steroid dienone is 2. The van der Waals surface area contributed by atoms with Gasteiger partial charge < -0.3 is 0 Å². The molecule has 0 N–H and O–H groups in total. The molecule has 0 rings (SSSR count). The second-order valence-corrected chi connectivity index (χ2v) is 6.37. The fourth-order valence-electron chi connectivity index (χ4n) is 2.11. The topological polar surface area (TPSA) is 0 Å². The summed E-state index contributed by atoms with van der Waals surface area (Å²) >= 11 is 3.46. The Labute approximate surface area is 117 Å². The van der Waals surface area contributed by atoms with Crippen molar-refractivity contribution in [1.29, 1.82) is 0 Å². The molecular weight excluding hydrogens is 272 g/mol. The van der Waals surface area contributed by atoms with Crippen molar-refractivity contribution in [2.24, 2.45) is 0 Å². The van der Waals surface area contributed by atoms with Gasteiger partial charge >= 0.3 is 0 Å². The van der Waals surface area contributed by atoms with Gasteiger partial charge in [0.1, 0.15) is 0 Å². The molecule has 1 heteroatoms. The number of halogens is 1. The van der Waals surface area contributed by atoms with Gasteiger partial charge in [-0.2, -0.15) is 0 Å². The molecule has 0 heterocycles. The molecule has 0 fully saturated rings. The summed E-state index contributed by atoms with van der Waals surface area (Å²) in [5.41, 5.74) is 0. The van der Waals surface area contributed by atoms with Gasteiger partial charge in [0, 0.05) is 0 Å². The van der Waals surface area contributed by atoms with E-state index in [1.165, 1.54) is 81.5 Å². The molecule has 17 heavy (non-hydrogen) atoms. The van der Waals surface area contributed by atoms with Crippen molar-refractivity contribution in [3.8, 4) is 0 Å². The first kappa shape index (κ1) is 17.2. The van der Waals surface area contributed by atoms with E-state index in [1.54, 1.807) is 0 Å². The van der Waals surface area contributed by atoms with Crippen LogP contribution in [0.2, 0.25) is 0 Å². The first-order valence-electron chi connectivity index (χ1n) is 7.59. The number of unbranched alkanes of at least 4 members (excludes halogenated alkanes) is 11. The Kier molecular flexibility index (Phi) is 14.5. The van der Waals surface area contributed by atoms with Crippen LogP contribution < -0.4 is 0 Å². The minimum atomic E-state index is 1.24. The van der Waals surface area contributed by atoms with Crippen LogP contribution in [0.25, 0.3) is 0 Å². The molecule has 0 radical (unpaired) electrons. The Morgan fingerprint density at radius 3 is 1.59 bits per heavy atom. The lowest BCUT2D eigenvalue weighted by Crippen LogP contribution is -1.82. The quantitative estimate of drug-likeness (QED) is 0.341. The summed E-state index contributed by atoms with van der Waals surface area (Å²) in [6, 6.07) is 0.